The molecule has 1 amide bonds. The Morgan fingerprint density at radius 3 is 2.95 bits per heavy atom. The summed E-state index contributed by atoms with van der Waals surface area (Å²) in [5.41, 5.74) is 0.595. The minimum absolute atomic E-state index is 0.0674. The van der Waals surface area contributed by atoms with Gasteiger partial charge >= 0.3 is 0 Å². The van der Waals surface area contributed by atoms with E-state index in [9.17, 15) is 4.79 Å². The van der Waals surface area contributed by atoms with E-state index >= 15 is 0 Å². The highest BCUT2D eigenvalue weighted by Gasteiger charge is 2.19. The minimum Gasteiger partial charge on any atom is -0.350 e. The van der Waals surface area contributed by atoms with E-state index in [4.69, 9.17) is 11.6 Å². The van der Waals surface area contributed by atoms with Crippen LogP contribution in [0.2, 0.25) is 5.02 Å². The van der Waals surface area contributed by atoms with E-state index in [-0.39, 0.29) is 5.91 Å². The molecule has 0 saturated carbocycles. The lowest BCUT2D eigenvalue weighted by atomic mass is 10.0. The molecule has 1 atom stereocenters. The highest BCUT2D eigenvalue weighted by molar-refractivity contribution is 9.10. The normalized spacial score (nSPS) is 20.3. The summed E-state index contributed by atoms with van der Waals surface area (Å²) in [7, 11) is 2.12. The molecule has 104 valence electrons. The fourth-order valence-corrected chi connectivity index (χ4v) is 3.26. The first kappa shape index (κ1) is 14.8. The predicted octanol–water partition coefficient (Wildman–Crippen LogP) is 3.32. The predicted molar refractivity (Wildman–Crippen MR) is 81.8 cm³/mol. The van der Waals surface area contributed by atoms with Gasteiger partial charge in [0.15, 0.2) is 0 Å². The number of hydrogen-bond acceptors (Lipinski definition) is 2. The summed E-state index contributed by atoms with van der Waals surface area (Å²) in [5, 5.41) is 3.56. The van der Waals surface area contributed by atoms with Crippen molar-refractivity contribution in [1.82, 2.24) is 10.2 Å². The van der Waals surface area contributed by atoms with Gasteiger partial charge in [0.2, 0.25) is 0 Å². The lowest BCUT2D eigenvalue weighted by Crippen LogP contribution is -2.44. The Morgan fingerprint density at radius 1 is 1.47 bits per heavy atom. The summed E-state index contributed by atoms with van der Waals surface area (Å²) >= 11 is 9.29. The molecular weight excluding hydrogens is 328 g/mol. The largest absolute Gasteiger partial charge is 0.350 e. The van der Waals surface area contributed by atoms with Gasteiger partial charge in [-0.25, -0.2) is 0 Å². The molecule has 0 spiro atoms. The van der Waals surface area contributed by atoms with Crippen molar-refractivity contribution in [1.29, 1.82) is 0 Å². The summed E-state index contributed by atoms with van der Waals surface area (Å²) in [4.78, 5) is 14.4. The topological polar surface area (TPSA) is 32.3 Å². The second-order valence-electron chi connectivity index (χ2n) is 5.00. The van der Waals surface area contributed by atoms with Gasteiger partial charge in [0.05, 0.1) is 0 Å². The smallest absolute Gasteiger partial charge is 0.251 e. The second kappa shape index (κ2) is 6.73. The molecule has 1 heterocycles. The molecule has 19 heavy (non-hydrogen) atoms. The maximum absolute atomic E-state index is 12.1. The number of likely N-dealkylation sites (tertiary alicyclic amines) is 1. The Hall–Kier alpha value is -0.580. The van der Waals surface area contributed by atoms with Crippen molar-refractivity contribution in [2.45, 2.75) is 25.3 Å². The van der Waals surface area contributed by atoms with Crippen molar-refractivity contribution >= 4 is 33.4 Å². The number of likely N-dealkylation sites (N-methyl/N-ethyl adjacent to an activating group) is 1. The molecule has 1 N–H and O–H groups in total. The number of benzene rings is 1. The molecule has 1 unspecified atom stereocenters. The van der Waals surface area contributed by atoms with Crippen molar-refractivity contribution in [3.05, 3.63) is 33.3 Å². The molecule has 5 heteroatoms. The van der Waals surface area contributed by atoms with Gasteiger partial charge in [-0.2, -0.15) is 0 Å². The Morgan fingerprint density at radius 2 is 2.26 bits per heavy atom. The standard InChI is InChI=1S/C14H18BrClN2O/c1-18-5-3-2-4-13(18)9-17-14(19)10-6-11(15)8-12(16)7-10/h6-8,13H,2-5,9H2,1H3,(H,17,19). The van der Waals surface area contributed by atoms with Gasteiger partial charge < -0.3 is 10.2 Å². The van der Waals surface area contributed by atoms with Crippen LogP contribution in [0.3, 0.4) is 0 Å². The fourth-order valence-electron chi connectivity index (χ4n) is 2.40. The van der Waals surface area contributed by atoms with E-state index in [2.05, 4.69) is 33.2 Å². The van der Waals surface area contributed by atoms with E-state index in [0.29, 0.717) is 23.2 Å². The molecule has 0 aromatic heterocycles. The van der Waals surface area contributed by atoms with E-state index < -0.39 is 0 Å². The lowest BCUT2D eigenvalue weighted by Gasteiger charge is -2.32. The Labute approximate surface area is 127 Å². The number of carbonyl (C=O) groups excluding carboxylic acids is 1. The fraction of sp³-hybridized carbons (Fsp3) is 0.500. The number of piperidine rings is 1. The summed E-state index contributed by atoms with van der Waals surface area (Å²) in [6.07, 6.45) is 3.64. The molecule has 1 aliphatic rings. The Bertz CT molecular complexity index is 447. The molecule has 1 saturated heterocycles. The minimum atomic E-state index is -0.0674. The van der Waals surface area contributed by atoms with Gasteiger partial charge in [0, 0.05) is 27.6 Å². The van der Waals surface area contributed by atoms with Crippen LogP contribution in [0.5, 0.6) is 0 Å². The first-order chi connectivity index (χ1) is 9.06. The van der Waals surface area contributed by atoms with Gasteiger partial charge in [-0.15, -0.1) is 0 Å². The highest BCUT2D eigenvalue weighted by Crippen LogP contribution is 2.20. The first-order valence-corrected chi connectivity index (χ1v) is 7.68. The van der Waals surface area contributed by atoms with E-state index in [1.54, 1.807) is 18.2 Å². The molecule has 1 fully saturated rings. The van der Waals surface area contributed by atoms with Gasteiger partial charge in [0.1, 0.15) is 0 Å². The van der Waals surface area contributed by atoms with Crippen LogP contribution in [-0.2, 0) is 0 Å². The van der Waals surface area contributed by atoms with Crippen molar-refractivity contribution in [3.8, 4) is 0 Å². The Kier molecular flexibility index (Phi) is 5.25. The van der Waals surface area contributed by atoms with Gasteiger partial charge in [-0.3, -0.25) is 4.79 Å². The molecule has 1 aromatic rings. The molecule has 3 nitrogen and oxygen atoms in total. The van der Waals surface area contributed by atoms with Crippen LogP contribution in [0.15, 0.2) is 22.7 Å². The van der Waals surface area contributed by atoms with Gasteiger partial charge in [0.25, 0.3) is 5.91 Å². The number of halogens is 2. The van der Waals surface area contributed by atoms with Crippen LogP contribution < -0.4 is 5.32 Å². The maximum atomic E-state index is 12.1. The first-order valence-electron chi connectivity index (χ1n) is 6.51. The monoisotopic (exact) mass is 344 g/mol. The summed E-state index contributed by atoms with van der Waals surface area (Å²) in [6, 6.07) is 5.69. The van der Waals surface area contributed by atoms with Crippen molar-refractivity contribution in [3.63, 3.8) is 0 Å². The summed E-state index contributed by atoms with van der Waals surface area (Å²) in [6.45, 7) is 1.81. The van der Waals surface area contributed by atoms with Crippen LogP contribution in [-0.4, -0.2) is 37.0 Å². The third kappa shape index (κ3) is 4.20. The number of carbonyl (C=O) groups is 1. The van der Waals surface area contributed by atoms with Gasteiger partial charge in [-0.05, 0) is 44.6 Å². The maximum Gasteiger partial charge on any atom is 0.251 e. The van der Waals surface area contributed by atoms with Crippen LogP contribution in [0.25, 0.3) is 0 Å². The second-order valence-corrected chi connectivity index (χ2v) is 6.35. The lowest BCUT2D eigenvalue weighted by molar-refractivity contribution is 0.0928. The molecule has 1 aromatic carbocycles. The number of nitrogens with zero attached hydrogens (tertiary/aromatic N) is 1. The zero-order valence-corrected chi connectivity index (χ0v) is 13.3. The van der Waals surface area contributed by atoms with Crippen molar-refractivity contribution < 1.29 is 4.79 Å². The number of amides is 1. The van der Waals surface area contributed by atoms with Gasteiger partial charge in [-0.1, -0.05) is 34.0 Å². The molecular formula is C14H18BrClN2O. The zero-order chi connectivity index (χ0) is 13.8. The SMILES string of the molecule is CN1CCCCC1CNC(=O)c1cc(Cl)cc(Br)c1. The average molecular weight is 346 g/mol. The quantitative estimate of drug-likeness (QED) is 0.911. The third-order valence-electron chi connectivity index (χ3n) is 3.54. The number of nitrogens with one attached hydrogen (secondary N) is 1. The van der Waals surface area contributed by atoms with E-state index in [1.807, 2.05) is 0 Å². The average Bonchev–Trinajstić information content (AvgIpc) is 2.36. The van der Waals surface area contributed by atoms with Crippen molar-refractivity contribution in [2.75, 3.05) is 20.1 Å². The molecule has 2 rings (SSSR count). The van der Waals surface area contributed by atoms with Crippen LogP contribution >= 0.6 is 27.5 Å². The van der Waals surface area contributed by atoms with Crippen LogP contribution in [0.4, 0.5) is 0 Å². The summed E-state index contributed by atoms with van der Waals surface area (Å²) < 4.78 is 0.819. The number of rotatable bonds is 3. The molecule has 0 aliphatic carbocycles. The van der Waals surface area contributed by atoms with E-state index in [1.165, 1.54) is 12.8 Å². The Balaban J connectivity index is 1.93. The molecule has 0 bridgehead atoms. The molecule has 0 radical (unpaired) electrons. The van der Waals surface area contributed by atoms with Crippen molar-refractivity contribution in [2.24, 2.45) is 0 Å². The van der Waals surface area contributed by atoms with Crippen LogP contribution in [0, 0.1) is 0 Å². The number of hydrogen-bond donors (Lipinski definition) is 1. The summed E-state index contributed by atoms with van der Waals surface area (Å²) in [5.74, 6) is -0.0674. The van der Waals surface area contributed by atoms with Crippen LogP contribution in [0.1, 0.15) is 29.6 Å². The third-order valence-corrected chi connectivity index (χ3v) is 4.22. The van der Waals surface area contributed by atoms with E-state index in [0.717, 1.165) is 17.4 Å². The highest BCUT2D eigenvalue weighted by atomic mass is 79.9. The zero-order valence-electron chi connectivity index (χ0n) is 11.0. The molecule has 1 aliphatic heterocycles.